The molecule has 1 atom stereocenters. The fraction of sp³-hybridized carbons (Fsp3) is 0.0625. The number of para-hydroxylation sites is 3. The van der Waals surface area contributed by atoms with Crippen molar-refractivity contribution in [2.45, 2.75) is 12.6 Å². The largest absolute Gasteiger partial charge is 0.353 e. The Kier molecular flexibility index (Phi) is 6.20. The zero-order chi connectivity index (χ0) is 26.8. The molecule has 0 aliphatic rings. The third-order valence-electron chi connectivity index (χ3n) is 6.75. The standard InChI is InChI=1S/C32H23N5O2/c33-19-21-14-16-23(17-15-21)30(31(38)34-20-22-8-2-1-3-9-22)37-28-13-7-6-12-26(28)36-29(32(37)39)27-18-24-10-4-5-11-25(24)35-27/h1-18,30,35H,20H2,(H,34,38). The predicted molar refractivity (Wildman–Crippen MR) is 151 cm³/mol. The third-order valence-corrected chi connectivity index (χ3v) is 6.75. The second-order valence-electron chi connectivity index (χ2n) is 9.23. The first-order valence-electron chi connectivity index (χ1n) is 12.5. The van der Waals surface area contributed by atoms with Gasteiger partial charge in [0, 0.05) is 17.4 Å². The number of carbonyl (C=O) groups is 1. The molecule has 0 radical (unpaired) electrons. The molecule has 1 unspecified atom stereocenters. The molecular weight excluding hydrogens is 486 g/mol. The number of nitrogens with zero attached hydrogens (tertiary/aromatic N) is 3. The van der Waals surface area contributed by atoms with E-state index >= 15 is 0 Å². The van der Waals surface area contributed by atoms with Gasteiger partial charge in [0.25, 0.3) is 5.56 Å². The van der Waals surface area contributed by atoms with Crippen LogP contribution in [-0.4, -0.2) is 20.4 Å². The van der Waals surface area contributed by atoms with Crippen LogP contribution in [0.2, 0.25) is 0 Å². The van der Waals surface area contributed by atoms with Gasteiger partial charge in [0.2, 0.25) is 5.91 Å². The SMILES string of the molecule is N#Cc1ccc(C(C(=O)NCc2ccccc2)n2c(=O)c(-c3cc4ccccc4[nH]3)nc3ccccc32)cc1. The van der Waals surface area contributed by atoms with Crippen LogP contribution in [0.1, 0.15) is 22.7 Å². The average Bonchev–Trinajstić information content (AvgIpc) is 3.42. The molecule has 188 valence electrons. The summed E-state index contributed by atoms with van der Waals surface area (Å²) in [6.45, 7) is 0.305. The normalized spacial score (nSPS) is 11.8. The molecule has 0 fully saturated rings. The molecule has 0 saturated heterocycles. The lowest BCUT2D eigenvalue weighted by molar-refractivity contribution is -0.123. The molecule has 0 bridgehead atoms. The minimum atomic E-state index is -0.995. The molecule has 0 aliphatic carbocycles. The van der Waals surface area contributed by atoms with E-state index in [9.17, 15) is 14.9 Å². The van der Waals surface area contributed by atoms with E-state index in [2.05, 4.69) is 16.4 Å². The van der Waals surface area contributed by atoms with Crippen molar-refractivity contribution in [1.29, 1.82) is 5.26 Å². The first-order valence-corrected chi connectivity index (χ1v) is 12.5. The van der Waals surface area contributed by atoms with Crippen LogP contribution in [0, 0.1) is 11.3 Å². The fourth-order valence-corrected chi connectivity index (χ4v) is 4.83. The van der Waals surface area contributed by atoms with Crippen LogP contribution in [0.3, 0.4) is 0 Å². The van der Waals surface area contributed by atoms with Crippen LogP contribution < -0.4 is 10.9 Å². The number of nitriles is 1. The van der Waals surface area contributed by atoms with Crippen molar-refractivity contribution >= 4 is 27.8 Å². The van der Waals surface area contributed by atoms with E-state index in [1.54, 1.807) is 30.3 Å². The van der Waals surface area contributed by atoms with E-state index < -0.39 is 11.6 Å². The smallest absolute Gasteiger partial charge is 0.280 e. The van der Waals surface area contributed by atoms with Gasteiger partial charge in [-0.3, -0.25) is 14.2 Å². The Morgan fingerprint density at radius 1 is 0.923 bits per heavy atom. The summed E-state index contributed by atoms with van der Waals surface area (Å²) in [4.78, 5) is 36.1. The molecule has 0 spiro atoms. The summed E-state index contributed by atoms with van der Waals surface area (Å²) >= 11 is 0. The van der Waals surface area contributed by atoms with Gasteiger partial charge in [0.1, 0.15) is 6.04 Å². The van der Waals surface area contributed by atoms with Gasteiger partial charge in [-0.2, -0.15) is 5.26 Å². The van der Waals surface area contributed by atoms with E-state index in [0.29, 0.717) is 34.4 Å². The lowest BCUT2D eigenvalue weighted by atomic mass is 10.0. The lowest BCUT2D eigenvalue weighted by Crippen LogP contribution is -2.38. The molecule has 0 aliphatic heterocycles. The monoisotopic (exact) mass is 509 g/mol. The molecule has 39 heavy (non-hydrogen) atoms. The number of aromatic nitrogens is 3. The molecule has 1 amide bonds. The van der Waals surface area contributed by atoms with Crippen LogP contribution in [0.4, 0.5) is 0 Å². The van der Waals surface area contributed by atoms with Gasteiger partial charge in [-0.25, -0.2) is 4.98 Å². The predicted octanol–water partition coefficient (Wildman–Crippen LogP) is 5.32. The van der Waals surface area contributed by atoms with E-state index in [4.69, 9.17) is 4.98 Å². The Hall–Kier alpha value is -5.48. The summed E-state index contributed by atoms with van der Waals surface area (Å²) < 4.78 is 1.50. The van der Waals surface area contributed by atoms with Crippen molar-refractivity contribution in [2.75, 3.05) is 0 Å². The van der Waals surface area contributed by atoms with E-state index in [-0.39, 0.29) is 11.6 Å². The zero-order valence-corrected chi connectivity index (χ0v) is 20.8. The highest BCUT2D eigenvalue weighted by atomic mass is 16.2. The highest BCUT2D eigenvalue weighted by Gasteiger charge is 2.28. The van der Waals surface area contributed by atoms with Crippen molar-refractivity contribution in [3.63, 3.8) is 0 Å². The molecular formula is C32H23N5O2. The van der Waals surface area contributed by atoms with Crippen molar-refractivity contribution in [1.82, 2.24) is 19.9 Å². The molecule has 2 aromatic heterocycles. The number of nitrogens with one attached hydrogen (secondary N) is 2. The van der Waals surface area contributed by atoms with Gasteiger partial charge < -0.3 is 10.3 Å². The maximum atomic E-state index is 14.2. The number of fused-ring (bicyclic) bond motifs is 2. The number of carbonyl (C=O) groups excluding carboxylic acids is 1. The summed E-state index contributed by atoms with van der Waals surface area (Å²) in [5.74, 6) is -0.343. The minimum Gasteiger partial charge on any atom is -0.353 e. The van der Waals surface area contributed by atoms with Crippen LogP contribution >= 0.6 is 0 Å². The number of hydrogen-bond acceptors (Lipinski definition) is 4. The molecule has 0 saturated carbocycles. The molecule has 4 aromatic carbocycles. The van der Waals surface area contributed by atoms with Crippen molar-refractivity contribution in [3.05, 3.63) is 136 Å². The van der Waals surface area contributed by atoms with Crippen molar-refractivity contribution in [3.8, 4) is 17.5 Å². The molecule has 2 N–H and O–H groups in total. The maximum Gasteiger partial charge on any atom is 0.280 e. The van der Waals surface area contributed by atoms with E-state index in [1.165, 1.54) is 4.57 Å². The number of H-pyrrole nitrogens is 1. The number of aromatic amines is 1. The summed E-state index contributed by atoms with van der Waals surface area (Å²) in [6, 6.07) is 34.4. The number of amides is 1. The Labute approximate surface area is 224 Å². The topological polar surface area (TPSA) is 104 Å². The van der Waals surface area contributed by atoms with Gasteiger partial charge >= 0.3 is 0 Å². The second kappa shape index (κ2) is 10.1. The Bertz CT molecular complexity index is 1880. The van der Waals surface area contributed by atoms with Crippen LogP contribution in [0.5, 0.6) is 0 Å². The maximum absolute atomic E-state index is 14.2. The van der Waals surface area contributed by atoms with Gasteiger partial charge in [-0.1, -0.05) is 72.8 Å². The van der Waals surface area contributed by atoms with E-state index in [1.807, 2.05) is 78.9 Å². The van der Waals surface area contributed by atoms with Gasteiger partial charge in [0.05, 0.1) is 28.4 Å². The number of rotatable bonds is 6. The molecule has 7 heteroatoms. The zero-order valence-electron chi connectivity index (χ0n) is 20.8. The Morgan fingerprint density at radius 3 is 2.41 bits per heavy atom. The highest BCUT2D eigenvalue weighted by molar-refractivity contribution is 5.89. The Morgan fingerprint density at radius 2 is 1.64 bits per heavy atom. The van der Waals surface area contributed by atoms with Crippen LogP contribution in [-0.2, 0) is 11.3 Å². The highest BCUT2D eigenvalue weighted by Crippen LogP contribution is 2.26. The molecule has 7 nitrogen and oxygen atoms in total. The summed E-state index contributed by atoms with van der Waals surface area (Å²) in [5.41, 5.74) is 4.39. The molecule has 2 heterocycles. The third kappa shape index (κ3) is 4.56. The van der Waals surface area contributed by atoms with Gasteiger partial charge in [-0.05, 0) is 47.5 Å². The Balaban J connectivity index is 1.54. The molecule has 6 rings (SSSR count). The number of benzene rings is 4. The quantitative estimate of drug-likeness (QED) is 0.317. The van der Waals surface area contributed by atoms with Crippen LogP contribution in [0.25, 0.3) is 33.3 Å². The van der Waals surface area contributed by atoms with Gasteiger partial charge in [0.15, 0.2) is 5.69 Å². The fourth-order valence-electron chi connectivity index (χ4n) is 4.83. The van der Waals surface area contributed by atoms with Crippen molar-refractivity contribution < 1.29 is 4.79 Å². The van der Waals surface area contributed by atoms with Crippen molar-refractivity contribution in [2.24, 2.45) is 0 Å². The summed E-state index contributed by atoms with van der Waals surface area (Å²) in [7, 11) is 0. The van der Waals surface area contributed by atoms with Crippen LogP contribution in [0.15, 0.2) is 114 Å². The van der Waals surface area contributed by atoms with Gasteiger partial charge in [-0.15, -0.1) is 0 Å². The average molecular weight is 510 g/mol. The van der Waals surface area contributed by atoms with E-state index in [0.717, 1.165) is 16.5 Å². The number of hydrogen-bond donors (Lipinski definition) is 2. The summed E-state index contributed by atoms with van der Waals surface area (Å²) in [5, 5.41) is 13.3. The first-order chi connectivity index (χ1) is 19.1. The first kappa shape index (κ1) is 23.9. The molecule has 6 aromatic rings. The lowest BCUT2D eigenvalue weighted by Gasteiger charge is -2.22. The minimum absolute atomic E-state index is 0.222. The second-order valence-corrected chi connectivity index (χ2v) is 9.23. The summed E-state index contributed by atoms with van der Waals surface area (Å²) in [6.07, 6.45) is 0.